The highest BCUT2D eigenvalue weighted by molar-refractivity contribution is 6.30. The van der Waals surface area contributed by atoms with E-state index in [0.717, 1.165) is 17.0 Å². The standard InChI is InChI=1S/C30H32ClF2N3O5/c1-4-24(34-3)18(2)41-17-36-27(38)14-12-25(29(36)40)35-16-20-15-19(5-11-23(20)28(35)39)6-13-26(37)30(32,33)21-7-9-22(31)10-8-21/h5,7-11,15,24-25,34H,2,4,6,12-14,16-17H2,1,3H3. The Hall–Kier alpha value is -3.63. The van der Waals surface area contributed by atoms with Crippen molar-refractivity contribution in [2.75, 3.05) is 13.8 Å². The van der Waals surface area contributed by atoms with Crippen LogP contribution in [-0.2, 0) is 38.0 Å². The molecule has 2 unspecified atom stereocenters. The number of piperidine rings is 1. The maximum Gasteiger partial charge on any atom is 0.330 e. The second-order valence-electron chi connectivity index (χ2n) is 10.1. The predicted molar refractivity (Wildman–Crippen MR) is 148 cm³/mol. The van der Waals surface area contributed by atoms with Gasteiger partial charge in [0.25, 0.3) is 11.8 Å². The van der Waals surface area contributed by atoms with Crippen LogP contribution in [0.2, 0.25) is 5.02 Å². The number of amides is 3. The first-order valence-electron chi connectivity index (χ1n) is 13.4. The minimum absolute atomic E-state index is 0.0563. The van der Waals surface area contributed by atoms with Crippen molar-refractivity contribution in [3.05, 3.63) is 82.1 Å². The molecular formula is C30H32ClF2N3O5. The molecule has 1 N–H and O–H groups in total. The van der Waals surface area contributed by atoms with Gasteiger partial charge in [0.2, 0.25) is 11.7 Å². The fraction of sp³-hybridized carbons (Fsp3) is 0.400. The summed E-state index contributed by atoms with van der Waals surface area (Å²) in [6.07, 6.45) is 0.624. The molecule has 2 aliphatic rings. The smallest absolute Gasteiger partial charge is 0.330 e. The van der Waals surface area contributed by atoms with E-state index < -0.39 is 35.6 Å². The first-order valence-corrected chi connectivity index (χ1v) is 13.8. The number of halogens is 3. The number of likely N-dealkylation sites (tertiary alicyclic amines) is 1. The highest BCUT2D eigenvalue weighted by Crippen LogP contribution is 2.33. The maximum atomic E-state index is 14.7. The van der Waals surface area contributed by atoms with Crippen LogP contribution in [0.3, 0.4) is 0 Å². The lowest BCUT2D eigenvalue weighted by molar-refractivity contribution is -0.157. The number of aryl methyl sites for hydroxylation is 1. The van der Waals surface area contributed by atoms with Crippen LogP contribution in [0, 0.1) is 0 Å². The lowest BCUT2D eigenvalue weighted by Gasteiger charge is -2.35. The minimum atomic E-state index is -3.65. The van der Waals surface area contributed by atoms with Gasteiger partial charge < -0.3 is 15.0 Å². The van der Waals surface area contributed by atoms with Gasteiger partial charge in [0, 0.05) is 35.5 Å². The van der Waals surface area contributed by atoms with Gasteiger partial charge in [-0.3, -0.25) is 19.2 Å². The summed E-state index contributed by atoms with van der Waals surface area (Å²) < 4.78 is 34.9. The molecule has 2 aliphatic heterocycles. The maximum absolute atomic E-state index is 14.7. The van der Waals surface area contributed by atoms with Gasteiger partial charge in [-0.2, -0.15) is 8.78 Å². The summed E-state index contributed by atoms with van der Waals surface area (Å²) in [5.74, 6) is -5.74. The second kappa shape index (κ2) is 12.5. The van der Waals surface area contributed by atoms with Crippen molar-refractivity contribution < 1.29 is 32.7 Å². The molecule has 0 aliphatic carbocycles. The minimum Gasteiger partial charge on any atom is -0.476 e. The topological polar surface area (TPSA) is 96.0 Å². The van der Waals surface area contributed by atoms with Gasteiger partial charge in [-0.05, 0) is 55.6 Å². The molecule has 0 bridgehead atoms. The van der Waals surface area contributed by atoms with E-state index in [0.29, 0.717) is 33.9 Å². The van der Waals surface area contributed by atoms with E-state index in [-0.39, 0.29) is 50.4 Å². The van der Waals surface area contributed by atoms with E-state index in [1.807, 2.05) is 6.92 Å². The highest BCUT2D eigenvalue weighted by Gasteiger charge is 2.43. The fourth-order valence-electron chi connectivity index (χ4n) is 5.13. The molecule has 2 heterocycles. The van der Waals surface area contributed by atoms with Gasteiger partial charge in [0.05, 0.1) is 6.04 Å². The number of nitrogens with zero attached hydrogens (tertiary/aromatic N) is 2. The molecule has 0 aromatic heterocycles. The number of benzene rings is 2. The number of fused-ring (bicyclic) bond motifs is 1. The summed E-state index contributed by atoms with van der Waals surface area (Å²) in [4.78, 5) is 53.8. The Morgan fingerprint density at radius 1 is 1.20 bits per heavy atom. The van der Waals surface area contributed by atoms with Crippen molar-refractivity contribution in [1.82, 2.24) is 15.1 Å². The lowest BCUT2D eigenvalue weighted by atomic mass is 9.97. The number of carbonyl (C=O) groups is 4. The first-order chi connectivity index (χ1) is 19.5. The number of hydrogen-bond acceptors (Lipinski definition) is 6. The number of alkyl halides is 2. The van der Waals surface area contributed by atoms with Crippen molar-refractivity contribution in [2.24, 2.45) is 0 Å². The van der Waals surface area contributed by atoms with Crippen molar-refractivity contribution in [1.29, 1.82) is 0 Å². The Kier molecular flexibility index (Phi) is 9.24. The van der Waals surface area contributed by atoms with E-state index in [2.05, 4.69) is 11.9 Å². The largest absolute Gasteiger partial charge is 0.476 e. The number of carbonyl (C=O) groups excluding carboxylic acids is 4. The fourth-order valence-corrected chi connectivity index (χ4v) is 5.25. The Balaban J connectivity index is 1.40. The van der Waals surface area contributed by atoms with E-state index in [1.165, 1.54) is 17.0 Å². The first kappa shape index (κ1) is 30.3. The summed E-state index contributed by atoms with van der Waals surface area (Å²) in [7, 11) is 1.76. The van der Waals surface area contributed by atoms with E-state index >= 15 is 0 Å². The number of likely N-dealkylation sites (N-methyl/N-ethyl adjacent to an activating group) is 1. The number of imide groups is 1. The number of rotatable bonds is 12. The second-order valence-corrected chi connectivity index (χ2v) is 10.6. The molecule has 1 fully saturated rings. The van der Waals surface area contributed by atoms with Gasteiger partial charge >= 0.3 is 5.92 Å². The van der Waals surface area contributed by atoms with Crippen molar-refractivity contribution in [2.45, 2.75) is 63.6 Å². The Labute approximate surface area is 242 Å². The van der Waals surface area contributed by atoms with Crippen molar-refractivity contribution in [3.63, 3.8) is 0 Å². The monoisotopic (exact) mass is 587 g/mol. The van der Waals surface area contributed by atoms with Gasteiger partial charge in [0.1, 0.15) is 11.8 Å². The van der Waals surface area contributed by atoms with Crippen LogP contribution < -0.4 is 5.32 Å². The molecule has 0 radical (unpaired) electrons. The third kappa shape index (κ3) is 6.33. The Bertz CT molecular complexity index is 1360. The molecule has 2 aromatic carbocycles. The number of hydrogen-bond donors (Lipinski definition) is 1. The molecule has 2 atom stereocenters. The normalized spacial score (nSPS) is 18.0. The van der Waals surface area contributed by atoms with Crippen molar-refractivity contribution in [3.8, 4) is 0 Å². The third-order valence-corrected chi connectivity index (χ3v) is 7.84. The van der Waals surface area contributed by atoms with Gasteiger partial charge in [-0.15, -0.1) is 0 Å². The number of ketones is 1. The van der Waals surface area contributed by atoms with Crippen LogP contribution in [0.25, 0.3) is 0 Å². The molecule has 41 heavy (non-hydrogen) atoms. The number of ether oxygens (including phenoxy) is 1. The molecule has 4 rings (SSSR count). The molecule has 8 nitrogen and oxygen atoms in total. The zero-order valence-electron chi connectivity index (χ0n) is 22.9. The average Bonchev–Trinajstić information content (AvgIpc) is 3.27. The summed E-state index contributed by atoms with van der Waals surface area (Å²) in [6, 6.07) is 8.80. The van der Waals surface area contributed by atoms with E-state index in [1.54, 1.807) is 25.2 Å². The molecule has 0 saturated carbocycles. The van der Waals surface area contributed by atoms with Crippen molar-refractivity contribution >= 4 is 35.1 Å². The zero-order valence-corrected chi connectivity index (χ0v) is 23.7. The van der Waals surface area contributed by atoms with Crippen LogP contribution in [0.5, 0.6) is 0 Å². The van der Waals surface area contributed by atoms with Crippen LogP contribution in [0.4, 0.5) is 8.78 Å². The summed E-state index contributed by atoms with van der Waals surface area (Å²) in [6.45, 7) is 5.64. The van der Waals surface area contributed by atoms with Crippen LogP contribution >= 0.6 is 11.6 Å². The molecule has 11 heteroatoms. The van der Waals surface area contributed by atoms with Crippen LogP contribution in [-0.4, -0.2) is 59.2 Å². The Morgan fingerprint density at radius 3 is 2.56 bits per heavy atom. The molecule has 3 amide bonds. The van der Waals surface area contributed by atoms with Gasteiger partial charge in [-0.25, -0.2) is 4.90 Å². The number of Topliss-reactive ketones (excluding diaryl/α,β-unsaturated/α-hetero) is 1. The lowest BCUT2D eigenvalue weighted by Crippen LogP contribution is -2.55. The van der Waals surface area contributed by atoms with Crippen LogP contribution in [0.1, 0.15) is 59.7 Å². The van der Waals surface area contributed by atoms with Gasteiger partial charge in [-0.1, -0.05) is 49.4 Å². The quantitative estimate of drug-likeness (QED) is 0.288. The third-order valence-electron chi connectivity index (χ3n) is 7.58. The Morgan fingerprint density at radius 2 is 1.90 bits per heavy atom. The van der Waals surface area contributed by atoms with E-state index in [4.69, 9.17) is 16.3 Å². The van der Waals surface area contributed by atoms with Gasteiger partial charge in [0.15, 0.2) is 6.73 Å². The SMILES string of the molecule is C=C(OCN1C(=O)CCC(N2Cc3cc(CCC(=O)C(F)(F)c4ccc(Cl)cc4)ccc3C2=O)C1=O)C(CC)NC. The molecule has 0 spiro atoms. The number of nitrogens with one attached hydrogen (secondary N) is 1. The predicted octanol–water partition coefficient (Wildman–Crippen LogP) is 4.59. The van der Waals surface area contributed by atoms with Crippen LogP contribution in [0.15, 0.2) is 54.8 Å². The summed E-state index contributed by atoms with van der Waals surface area (Å²) in [5, 5.41) is 3.33. The summed E-state index contributed by atoms with van der Waals surface area (Å²) >= 11 is 5.76. The van der Waals surface area contributed by atoms with E-state index in [9.17, 15) is 28.0 Å². The average molecular weight is 588 g/mol. The molecule has 2 aromatic rings. The summed E-state index contributed by atoms with van der Waals surface area (Å²) in [5.41, 5.74) is 1.22. The highest BCUT2D eigenvalue weighted by atomic mass is 35.5. The molecular weight excluding hydrogens is 556 g/mol. The zero-order chi connectivity index (χ0) is 29.9. The molecule has 218 valence electrons. The molecule has 1 saturated heterocycles.